The molecule has 138 valence electrons. The van der Waals surface area contributed by atoms with Gasteiger partial charge >= 0.3 is 0 Å². The second-order valence-corrected chi connectivity index (χ2v) is 6.31. The summed E-state index contributed by atoms with van der Waals surface area (Å²) in [5, 5.41) is 12.1. The molecule has 0 aromatic carbocycles. The van der Waals surface area contributed by atoms with Gasteiger partial charge in [-0.3, -0.25) is 4.79 Å². The van der Waals surface area contributed by atoms with E-state index in [1.165, 1.54) is 12.5 Å². The van der Waals surface area contributed by atoms with E-state index in [-0.39, 0.29) is 12.5 Å². The minimum atomic E-state index is -0.891. The zero-order valence-electron chi connectivity index (χ0n) is 15.8. The van der Waals surface area contributed by atoms with Crippen LogP contribution >= 0.6 is 0 Å². The predicted molar refractivity (Wildman–Crippen MR) is 108 cm³/mol. The molecule has 0 aromatic rings. The number of aliphatic hydroxyl groups is 1. The van der Waals surface area contributed by atoms with Crippen molar-refractivity contribution in [3.8, 4) is 0 Å². The number of hydrogen-bond acceptors (Lipinski definition) is 2. The Morgan fingerprint density at radius 2 is 1.32 bits per heavy atom. The number of rotatable bonds is 12. The van der Waals surface area contributed by atoms with Crippen LogP contribution in [0.1, 0.15) is 46.5 Å². The van der Waals surface area contributed by atoms with E-state index >= 15 is 0 Å². The molecule has 0 aliphatic carbocycles. The lowest BCUT2D eigenvalue weighted by Crippen LogP contribution is -2.37. The van der Waals surface area contributed by atoms with Crippen LogP contribution in [0.4, 0.5) is 0 Å². The molecule has 2 N–H and O–H groups in total. The Hall–Kier alpha value is -2.13. The lowest BCUT2D eigenvalue weighted by molar-refractivity contribution is -0.117. The SMILES string of the molecule is CCCC=CC=CC=CCCC=CC=CC=CC(=O)NCC(C)(C)O. The normalized spacial score (nSPS) is 13.6. The van der Waals surface area contributed by atoms with Crippen LogP contribution in [0.2, 0.25) is 0 Å². The number of nitrogens with one attached hydrogen (secondary N) is 1. The summed E-state index contributed by atoms with van der Waals surface area (Å²) >= 11 is 0. The third-order valence-electron chi connectivity index (χ3n) is 2.97. The first-order valence-corrected chi connectivity index (χ1v) is 8.94. The molecule has 0 saturated heterocycles. The first kappa shape index (κ1) is 22.9. The summed E-state index contributed by atoms with van der Waals surface area (Å²) in [6.45, 7) is 5.71. The molecule has 0 aliphatic heterocycles. The van der Waals surface area contributed by atoms with Crippen LogP contribution in [0.5, 0.6) is 0 Å². The molecule has 25 heavy (non-hydrogen) atoms. The van der Waals surface area contributed by atoms with Crippen molar-refractivity contribution in [3.05, 3.63) is 72.9 Å². The number of carbonyl (C=O) groups is 1. The number of allylic oxidation sites excluding steroid dienone is 11. The van der Waals surface area contributed by atoms with Crippen LogP contribution in [0.15, 0.2) is 72.9 Å². The Balaban J connectivity index is 3.78. The second kappa shape index (κ2) is 15.4. The van der Waals surface area contributed by atoms with Crippen LogP contribution in [0.25, 0.3) is 0 Å². The van der Waals surface area contributed by atoms with E-state index in [0.717, 1.165) is 19.3 Å². The summed E-state index contributed by atoms with van der Waals surface area (Å²) in [4.78, 5) is 11.4. The fourth-order valence-corrected chi connectivity index (χ4v) is 1.65. The topological polar surface area (TPSA) is 49.3 Å². The highest BCUT2D eigenvalue weighted by atomic mass is 16.3. The molecule has 3 heteroatoms. The van der Waals surface area contributed by atoms with Crippen molar-refractivity contribution >= 4 is 5.91 Å². The molecule has 0 atom stereocenters. The zero-order chi connectivity index (χ0) is 18.8. The smallest absolute Gasteiger partial charge is 0.244 e. The second-order valence-electron chi connectivity index (χ2n) is 6.31. The molecule has 0 radical (unpaired) electrons. The van der Waals surface area contributed by atoms with Crippen LogP contribution in [0, 0.1) is 0 Å². The van der Waals surface area contributed by atoms with Crippen molar-refractivity contribution in [2.24, 2.45) is 0 Å². The maximum absolute atomic E-state index is 11.4. The Morgan fingerprint density at radius 1 is 0.840 bits per heavy atom. The van der Waals surface area contributed by atoms with Crippen LogP contribution in [-0.4, -0.2) is 23.2 Å². The average molecular weight is 344 g/mol. The molecule has 0 fully saturated rings. The minimum Gasteiger partial charge on any atom is -0.389 e. The molecular weight excluding hydrogens is 310 g/mol. The van der Waals surface area contributed by atoms with Crippen molar-refractivity contribution in [2.75, 3.05) is 6.54 Å². The van der Waals surface area contributed by atoms with Crippen LogP contribution < -0.4 is 5.32 Å². The van der Waals surface area contributed by atoms with E-state index < -0.39 is 5.60 Å². The van der Waals surface area contributed by atoms with Crippen molar-refractivity contribution < 1.29 is 9.90 Å². The maximum Gasteiger partial charge on any atom is 0.244 e. The van der Waals surface area contributed by atoms with Crippen LogP contribution in [-0.2, 0) is 4.79 Å². The molecule has 0 bridgehead atoms. The van der Waals surface area contributed by atoms with Gasteiger partial charge in [0.05, 0.1) is 5.60 Å². The lowest BCUT2D eigenvalue weighted by atomic mass is 10.1. The first-order chi connectivity index (χ1) is 12.0. The first-order valence-electron chi connectivity index (χ1n) is 8.94. The molecule has 0 unspecified atom stereocenters. The summed E-state index contributed by atoms with van der Waals surface area (Å²) < 4.78 is 0. The Morgan fingerprint density at radius 3 is 1.80 bits per heavy atom. The van der Waals surface area contributed by atoms with Gasteiger partial charge in [-0.2, -0.15) is 0 Å². The molecular formula is C22H33NO2. The van der Waals surface area contributed by atoms with Gasteiger partial charge in [0.25, 0.3) is 0 Å². The van der Waals surface area contributed by atoms with Gasteiger partial charge in [0.1, 0.15) is 0 Å². The van der Waals surface area contributed by atoms with Gasteiger partial charge in [-0.1, -0.05) is 80.2 Å². The highest BCUT2D eigenvalue weighted by Gasteiger charge is 2.12. The molecule has 0 saturated carbocycles. The van der Waals surface area contributed by atoms with Gasteiger partial charge in [-0.15, -0.1) is 0 Å². The number of carbonyl (C=O) groups excluding carboxylic acids is 1. The molecule has 1 amide bonds. The highest BCUT2D eigenvalue weighted by molar-refractivity contribution is 5.87. The molecule has 0 aromatic heterocycles. The third kappa shape index (κ3) is 19.8. The summed E-state index contributed by atoms with van der Waals surface area (Å²) in [7, 11) is 0. The number of hydrogen-bond donors (Lipinski definition) is 2. The summed E-state index contributed by atoms with van der Waals surface area (Å²) in [5.74, 6) is -0.210. The average Bonchev–Trinajstić information content (AvgIpc) is 2.56. The van der Waals surface area contributed by atoms with Crippen molar-refractivity contribution in [3.63, 3.8) is 0 Å². The van der Waals surface area contributed by atoms with E-state index in [1.54, 1.807) is 26.0 Å². The van der Waals surface area contributed by atoms with Gasteiger partial charge in [-0.05, 0) is 33.1 Å². The van der Waals surface area contributed by atoms with Gasteiger partial charge in [0.15, 0.2) is 0 Å². The molecule has 3 nitrogen and oxygen atoms in total. The molecule has 0 spiro atoms. The third-order valence-corrected chi connectivity index (χ3v) is 2.97. The van der Waals surface area contributed by atoms with Gasteiger partial charge in [0, 0.05) is 12.6 Å². The van der Waals surface area contributed by atoms with E-state index in [2.05, 4.69) is 48.7 Å². The minimum absolute atomic E-state index is 0.210. The fraction of sp³-hybridized carbons (Fsp3) is 0.409. The zero-order valence-corrected chi connectivity index (χ0v) is 15.8. The quantitative estimate of drug-likeness (QED) is 0.304. The largest absolute Gasteiger partial charge is 0.389 e. The van der Waals surface area contributed by atoms with Crippen molar-refractivity contribution in [1.82, 2.24) is 5.32 Å². The van der Waals surface area contributed by atoms with Gasteiger partial charge in [0.2, 0.25) is 5.91 Å². The Labute approximate surface area is 153 Å². The highest BCUT2D eigenvalue weighted by Crippen LogP contribution is 1.97. The standard InChI is InChI=1S/C22H33NO2/c1-4-5-6-7-8-9-10-11-12-13-14-15-16-17-18-19-21(24)23-20-22(2,3)25/h6-11,14-19,25H,4-5,12-13,20H2,1-3H3,(H,23,24). The maximum atomic E-state index is 11.4. The van der Waals surface area contributed by atoms with Crippen LogP contribution in [0.3, 0.4) is 0 Å². The van der Waals surface area contributed by atoms with Crippen molar-refractivity contribution in [2.45, 2.75) is 52.1 Å². The summed E-state index contributed by atoms with van der Waals surface area (Å²) in [5.41, 5.74) is -0.891. The molecule has 0 heterocycles. The van der Waals surface area contributed by atoms with E-state index in [1.807, 2.05) is 18.2 Å². The fourth-order valence-electron chi connectivity index (χ4n) is 1.65. The number of unbranched alkanes of at least 4 members (excludes halogenated alkanes) is 2. The Bertz CT molecular complexity index is 515. The Kier molecular flexibility index (Phi) is 14.1. The van der Waals surface area contributed by atoms with E-state index in [9.17, 15) is 9.90 Å². The molecule has 0 aliphatic rings. The van der Waals surface area contributed by atoms with Gasteiger partial charge < -0.3 is 10.4 Å². The van der Waals surface area contributed by atoms with Crippen molar-refractivity contribution in [1.29, 1.82) is 0 Å². The monoisotopic (exact) mass is 343 g/mol. The lowest BCUT2D eigenvalue weighted by Gasteiger charge is -2.16. The molecule has 0 rings (SSSR count). The number of amides is 1. The van der Waals surface area contributed by atoms with Gasteiger partial charge in [-0.25, -0.2) is 0 Å². The van der Waals surface area contributed by atoms with E-state index in [0.29, 0.717) is 0 Å². The summed E-state index contributed by atoms with van der Waals surface area (Å²) in [6, 6.07) is 0. The predicted octanol–water partition coefficient (Wildman–Crippen LogP) is 4.79. The summed E-state index contributed by atoms with van der Waals surface area (Å²) in [6.07, 6.45) is 27.7. The van der Waals surface area contributed by atoms with E-state index in [4.69, 9.17) is 0 Å².